The molecule has 0 aliphatic heterocycles. The number of sulfonamides is 1. The number of methoxy groups -OCH3 is 1. The summed E-state index contributed by atoms with van der Waals surface area (Å²) in [4.78, 5) is 0.253. The van der Waals surface area contributed by atoms with Crippen molar-refractivity contribution >= 4 is 15.7 Å². The third-order valence-corrected chi connectivity index (χ3v) is 4.13. The first kappa shape index (κ1) is 16.9. The van der Waals surface area contributed by atoms with Crippen molar-refractivity contribution in [3.05, 3.63) is 24.3 Å². The summed E-state index contributed by atoms with van der Waals surface area (Å²) in [7, 11) is -0.416. The quantitative estimate of drug-likeness (QED) is 0.632. The number of rotatable bonds is 10. The Labute approximate surface area is 120 Å². The van der Waals surface area contributed by atoms with Gasteiger partial charge in [-0.1, -0.05) is 12.1 Å². The average molecular weight is 302 g/mol. The average Bonchev–Trinajstić information content (AvgIpc) is 2.46. The Balaban J connectivity index is 2.45. The number of hydrogen-bond acceptors (Lipinski definition) is 5. The van der Waals surface area contributed by atoms with Crippen molar-refractivity contribution in [1.82, 2.24) is 4.72 Å². The van der Waals surface area contributed by atoms with Gasteiger partial charge < -0.3 is 14.8 Å². The molecule has 1 rings (SSSR count). The molecule has 0 aliphatic rings. The number of ether oxygens (including phenoxy) is 2. The van der Waals surface area contributed by atoms with Crippen LogP contribution in [0.25, 0.3) is 0 Å². The van der Waals surface area contributed by atoms with Crippen LogP contribution in [0.4, 0.5) is 5.69 Å². The van der Waals surface area contributed by atoms with Crippen molar-refractivity contribution in [2.24, 2.45) is 0 Å². The van der Waals surface area contributed by atoms with E-state index in [1.165, 1.54) is 7.05 Å². The molecule has 0 heterocycles. The maximum absolute atomic E-state index is 11.8. The minimum atomic E-state index is -3.44. The first-order chi connectivity index (χ1) is 9.61. The van der Waals surface area contributed by atoms with Gasteiger partial charge in [0, 0.05) is 20.3 Å². The van der Waals surface area contributed by atoms with Gasteiger partial charge in [0.15, 0.2) is 0 Å². The molecule has 0 unspecified atom stereocenters. The van der Waals surface area contributed by atoms with Crippen LogP contribution in [0.1, 0.15) is 6.42 Å². The second-order valence-corrected chi connectivity index (χ2v) is 5.94. The Morgan fingerprint density at radius 3 is 2.60 bits per heavy atom. The zero-order valence-electron chi connectivity index (χ0n) is 11.9. The van der Waals surface area contributed by atoms with Crippen molar-refractivity contribution in [3.63, 3.8) is 0 Å². The van der Waals surface area contributed by atoms with Crippen LogP contribution < -0.4 is 10.0 Å². The van der Waals surface area contributed by atoms with Gasteiger partial charge in [-0.15, -0.1) is 0 Å². The van der Waals surface area contributed by atoms with Crippen molar-refractivity contribution in [3.8, 4) is 0 Å². The minimum absolute atomic E-state index is 0.253. The van der Waals surface area contributed by atoms with Crippen molar-refractivity contribution in [2.45, 2.75) is 11.3 Å². The van der Waals surface area contributed by atoms with Gasteiger partial charge in [-0.3, -0.25) is 0 Å². The number of benzene rings is 1. The van der Waals surface area contributed by atoms with Gasteiger partial charge in [0.2, 0.25) is 10.0 Å². The highest BCUT2D eigenvalue weighted by molar-refractivity contribution is 7.89. The lowest BCUT2D eigenvalue weighted by molar-refractivity contribution is 0.0705. The number of anilines is 1. The van der Waals surface area contributed by atoms with Crippen LogP contribution in [-0.4, -0.2) is 48.9 Å². The van der Waals surface area contributed by atoms with E-state index in [1.54, 1.807) is 31.4 Å². The lowest BCUT2D eigenvalue weighted by atomic mass is 10.3. The highest BCUT2D eigenvalue weighted by Crippen LogP contribution is 2.20. The zero-order chi connectivity index (χ0) is 14.8. The van der Waals surface area contributed by atoms with E-state index in [-0.39, 0.29) is 4.90 Å². The molecule has 0 aromatic heterocycles. The van der Waals surface area contributed by atoms with Crippen molar-refractivity contribution < 1.29 is 17.9 Å². The smallest absolute Gasteiger partial charge is 0.242 e. The van der Waals surface area contributed by atoms with Gasteiger partial charge >= 0.3 is 0 Å². The summed E-state index contributed by atoms with van der Waals surface area (Å²) in [6.45, 7) is 2.40. The molecule has 0 amide bonds. The van der Waals surface area contributed by atoms with Gasteiger partial charge in [-0.25, -0.2) is 13.1 Å². The molecule has 0 saturated carbocycles. The van der Waals surface area contributed by atoms with Crippen LogP contribution in [0.5, 0.6) is 0 Å². The van der Waals surface area contributed by atoms with E-state index in [4.69, 9.17) is 9.47 Å². The van der Waals surface area contributed by atoms with Crippen LogP contribution in [0.15, 0.2) is 29.2 Å². The Kier molecular flexibility index (Phi) is 7.53. The second-order valence-electron chi connectivity index (χ2n) is 4.09. The fourth-order valence-electron chi connectivity index (χ4n) is 1.60. The van der Waals surface area contributed by atoms with Gasteiger partial charge in [0.1, 0.15) is 4.90 Å². The molecule has 20 heavy (non-hydrogen) atoms. The van der Waals surface area contributed by atoms with Crippen LogP contribution in [0.3, 0.4) is 0 Å². The molecule has 6 nitrogen and oxygen atoms in total. The normalized spacial score (nSPS) is 11.5. The largest absolute Gasteiger partial charge is 0.384 e. The highest BCUT2D eigenvalue weighted by Gasteiger charge is 2.15. The number of nitrogens with one attached hydrogen (secondary N) is 2. The summed E-state index contributed by atoms with van der Waals surface area (Å²) in [5.74, 6) is 0. The van der Waals surface area contributed by atoms with E-state index in [2.05, 4.69) is 10.0 Å². The zero-order valence-corrected chi connectivity index (χ0v) is 12.7. The van der Waals surface area contributed by atoms with E-state index in [0.29, 0.717) is 32.1 Å². The lowest BCUT2D eigenvalue weighted by Gasteiger charge is -2.12. The molecule has 7 heteroatoms. The van der Waals surface area contributed by atoms with Gasteiger partial charge in [0.25, 0.3) is 0 Å². The molecule has 0 saturated heterocycles. The maximum atomic E-state index is 11.8. The molecule has 0 spiro atoms. The van der Waals surface area contributed by atoms with E-state index >= 15 is 0 Å². The van der Waals surface area contributed by atoms with Crippen molar-refractivity contribution in [2.75, 3.05) is 45.8 Å². The monoisotopic (exact) mass is 302 g/mol. The maximum Gasteiger partial charge on any atom is 0.242 e. The Bertz CT molecular complexity index is 491. The van der Waals surface area contributed by atoms with E-state index in [0.717, 1.165) is 6.42 Å². The molecule has 0 aliphatic carbocycles. The summed E-state index contributed by atoms with van der Waals surface area (Å²) in [6.07, 6.45) is 0.789. The summed E-state index contributed by atoms with van der Waals surface area (Å²) in [5, 5.41) is 3.11. The highest BCUT2D eigenvalue weighted by atomic mass is 32.2. The molecular weight excluding hydrogens is 280 g/mol. The van der Waals surface area contributed by atoms with E-state index < -0.39 is 10.0 Å². The third-order valence-electron chi connectivity index (χ3n) is 2.66. The molecule has 0 bridgehead atoms. The summed E-state index contributed by atoms with van der Waals surface area (Å²) >= 11 is 0. The Hall–Kier alpha value is -1.15. The summed E-state index contributed by atoms with van der Waals surface area (Å²) in [6, 6.07) is 6.81. The molecular formula is C13H22N2O4S. The van der Waals surface area contributed by atoms with E-state index in [1.807, 2.05) is 0 Å². The summed E-state index contributed by atoms with van der Waals surface area (Å²) < 4.78 is 36.2. The minimum Gasteiger partial charge on any atom is -0.384 e. The lowest BCUT2D eigenvalue weighted by Crippen LogP contribution is -2.20. The third kappa shape index (κ3) is 5.46. The van der Waals surface area contributed by atoms with Crippen molar-refractivity contribution in [1.29, 1.82) is 0 Å². The number of hydrogen-bond donors (Lipinski definition) is 2. The summed E-state index contributed by atoms with van der Waals surface area (Å²) in [5.41, 5.74) is 0.596. The fraction of sp³-hybridized carbons (Fsp3) is 0.538. The molecule has 0 fully saturated rings. The Morgan fingerprint density at radius 1 is 1.15 bits per heavy atom. The van der Waals surface area contributed by atoms with Gasteiger partial charge in [-0.2, -0.15) is 0 Å². The second kappa shape index (κ2) is 8.91. The van der Waals surface area contributed by atoms with Gasteiger partial charge in [-0.05, 0) is 25.6 Å². The molecule has 1 aromatic rings. The number of para-hydroxylation sites is 1. The fourth-order valence-corrected chi connectivity index (χ4v) is 2.51. The first-order valence-corrected chi connectivity index (χ1v) is 7.93. The topological polar surface area (TPSA) is 76.7 Å². The Morgan fingerprint density at radius 2 is 1.90 bits per heavy atom. The van der Waals surface area contributed by atoms with Gasteiger partial charge in [0.05, 0.1) is 18.9 Å². The molecule has 0 atom stereocenters. The molecule has 0 radical (unpaired) electrons. The molecule has 1 aromatic carbocycles. The molecule has 2 N–H and O–H groups in total. The van der Waals surface area contributed by atoms with Crippen LogP contribution >= 0.6 is 0 Å². The van der Waals surface area contributed by atoms with Crippen LogP contribution in [-0.2, 0) is 19.5 Å². The first-order valence-electron chi connectivity index (χ1n) is 6.45. The standard InChI is InChI=1S/C13H22N2O4S/c1-14-20(16,17)13-7-4-3-6-12(13)15-8-5-9-19-11-10-18-2/h3-4,6-7,14-15H,5,8-11H2,1-2H3. The SMILES string of the molecule is CNS(=O)(=O)c1ccccc1NCCCOCCOC. The van der Waals surface area contributed by atoms with Crippen LogP contribution in [0, 0.1) is 0 Å². The predicted molar refractivity (Wildman–Crippen MR) is 78.5 cm³/mol. The van der Waals surface area contributed by atoms with Crippen LogP contribution in [0.2, 0.25) is 0 Å². The molecule has 114 valence electrons. The predicted octanol–water partition coefficient (Wildman–Crippen LogP) is 1.06. The van der Waals surface area contributed by atoms with E-state index in [9.17, 15) is 8.42 Å².